The minimum Gasteiger partial charge on any atom is -0.455 e. The van der Waals surface area contributed by atoms with Gasteiger partial charge in [-0.05, 0) is 86.2 Å². The lowest BCUT2D eigenvalue weighted by Gasteiger charge is -2.22. The van der Waals surface area contributed by atoms with Crippen molar-refractivity contribution >= 4 is 34.0 Å². The Morgan fingerprint density at radius 3 is 2.67 bits per heavy atom. The van der Waals surface area contributed by atoms with Gasteiger partial charge in [-0.25, -0.2) is 15.0 Å². The van der Waals surface area contributed by atoms with Gasteiger partial charge in [0.25, 0.3) is 5.91 Å². The quantitative estimate of drug-likeness (QED) is 0.171. The summed E-state index contributed by atoms with van der Waals surface area (Å²) in [6, 6.07) is 12.6. The Balaban J connectivity index is 1.21. The number of ether oxygens (including phenoxy) is 3. The maximum absolute atomic E-state index is 12.8. The number of amides is 1. The summed E-state index contributed by atoms with van der Waals surface area (Å²) in [4.78, 5) is 24.5. The topological polar surface area (TPSA) is 107 Å². The van der Waals surface area contributed by atoms with Crippen LogP contribution in [0.5, 0.6) is 11.5 Å². The number of nitrogens with zero attached hydrogens (tertiary/aromatic N) is 3. The predicted molar refractivity (Wildman–Crippen MR) is 154 cm³/mol. The maximum atomic E-state index is 12.8. The van der Waals surface area contributed by atoms with Crippen molar-refractivity contribution in [1.29, 1.82) is 0 Å². The van der Waals surface area contributed by atoms with Crippen molar-refractivity contribution in [2.45, 2.75) is 45.1 Å². The van der Waals surface area contributed by atoms with Crippen LogP contribution in [0.4, 0.5) is 30.4 Å². The lowest BCUT2D eigenvalue weighted by Crippen LogP contribution is -2.22. The fraction of sp³-hybridized carbons (Fsp3) is 0.290. The lowest BCUT2D eigenvalue weighted by molar-refractivity contribution is -0.161. The van der Waals surface area contributed by atoms with Crippen LogP contribution < -0.4 is 15.4 Å². The van der Waals surface area contributed by atoms with Gasteiger partial charge in [-0.2, -0.15) is 13.2 Å². The Morgan fingerprint density at radius 1 is 1.07 bits per heavy atom. The number of anilines is 3. The molecule has 4 aromatic rings. The van der Waals surface area contributed by atoms with E-state index in [-0.39, 0.29) is 12.0 Å². The number of halogens is 3. The normalized spacial score (nSPS) is 14.9. The third kappa shape index (κ3) is 8.18. The van der Waals surface area contributed by atoms with E-state index in [1.54, 1.807) is 37.3 Å². The van der Waals surface area contributed by atoms with Crippen molar-refractivity contribution in [3.8, 4) is 23.3 Å². The van der Waals surface area contributed by atoms with Gasteiger partial charge in [0.15, 0.2) is 6.29 Å². The summed E-state index contributed by atoms with van der Waals surface area (Å²) in [5.41, 5.74) is 1.62. The number of benzene rings is 2. The molecule has 1 aliphatic rings. The van der Waals surface area contributed by atoms with E-state index in [4.69, 9.17) is 14.2 Å². The average Bonchev–Trinajstić information content (AvgIpc) is 2.99. The summed E-state index contributed by atoms with van der Waals surface area (Å²) >= 11 is 0. The summed E-state index contributed by atoms with van der Waals surface area (Å²) in [7, 11) is 0. The number of hydrogen-bond acceptors (Lipinski definition) is 8. The van der Waals surface area contributed by atoms with Gasteiger partial charge < -0.3 is 24.8 Å². The first-order valence-electron chi connectivity index (χ1n) is 13.6. The minimum atomic E-state index is -4.52. The van der Waals surface area contributed by atoms with E-state index in [1.165, 1.54) is 12.4 Å². The molecule has 222 valence electrons. The van der Waals surface area contributed by atoms with Gasteiger partial charge in [-0.3, -0.25) is 4.79 Å². The molecule has 5 rings (SSSR count). The second-order valence-corrected chi connectivity index (χ2v) is 9.71. The number of carbonyl (C=O) groups is 1. The zero-order valence-electron chi connectivity index (χ0n) is 23.2. The molecule has 0 bridgehead atoms. The monoisotopic (exact) mass is 591 g/mol. The van der Waals surface area contributed by atoms with Crippen LogP contribution in [-0.2, 0) is 20.4 Å². The molecule has 0 radical (unpaired) electrons. The average molecular weight is 592 g/mol. The Hall–Kier alpha value is -4.73. The molecule has 2 aromatic heterocycles. The van der Waals surface area contributed by atoms with Gasteiger partial charge in [0.2, 0.25) is 0 Å². The summed E-state index contributed by atoms with van der Waals surface area (Å²) in [6.45, 7) is 2.91. The molecule has 0 spiro atoms. The zero-order chi connectivity index (χ0) is 30.2. The van der Waals surface area contributed by atoms with Crippen LogP contribution in [0.2, 0.25) is 0 Å². The Morgan fingerprint density at radius 2 is 1.93 bits per heavy atom. The van der Waals surface area contributed by atoms with Crippen molar-refractivity contribution in [2.24, 2.45) is 0 Å². The maximum Gasteiger partial charge on any atom is 0.433 e. The van der Waals surface area contributed by atoms with E-state index in [0.29, 0.717) is 53.5 Å². The summed E-state index contributed by atoms with van der Waals surface area (Å²) in [5, 5.41) is 6.69. The van der Waals surface area contributed by atoms with Gasteiger partial charge in [-0.1, -0.05) is 5.92 Å². The molecule has 1 atom stereocenters. The molecule has 1 saturated heterocycles. The van der Waals surface area contributed by atoms with Crippen LogP contribution in [0.3, 0.4) is 0 Å². The molecule has 2 aromatic carbocycles. The molecular formula is C31H28F3N5O4. The molecule has 0 saturated carbocycles. The van der Waals surface area contributed by atoms with Gasteiger partial charge in [0, 0.05) is 29.8 Å². The largest absolute Gasteiger partial charge is 0.455 e. The molecule has 1 unspecified atom stereocenters. The molecule has 12 heteroatoms. The SMILES string of the molecule is Cc1cc(Nc2ncnc3ccc(NC(=O)C#CCCOC4CCCCO4)cc23)ccc1Oc1ccc(C(F)(F)F)nc1. The number of pyridine rings is 1. The highest BCUT2D eigenvalue weighted by Gasteiger charge is 2.32. The molecule has 1 aliphatic heterocycles. The summed E-state index contributed by atoms with van der Waals surface area (Å²) in [6.07, 6.45) is 1.18. The van der Waals surface area contributed by atoms with Crippen molar-refractivity contribution in [3.05, 3.63) is 72.3 Å². The zero-order valence-corrected chi connectivity index (χ0v) is 23.2. The lowest BCUT2D eigenvalue weighted by atomic mass is 10.1. The first-order chi connectivity index (χ1) is 20.7. The highest BCUT2D eigenvalue weighted by molar-refractivity contribution is 6.05. The first kappa shape index (κ1) is 29.8. The van der Waals surface area contributed by atoms with Crippen molar-refractivity contribution in [1.82, 2.24) is 15.0 Å². The van der Waals surface area contributed by atoms with Crippen LogP contribution in [0.25, 0.3) is 10.9 Å². The van der Waals surface area contributed by atoms with Gasteiger partial charge in [0.05, 0.1) is 18.3 Å². The van der Waals surface area contributed by atoms with Crippen LogP contribution >= 0.6 is 0 Å². The number of fused-ring (bicyclic) bond motifs is 1. The fourth-order valence-electron chi connectivity index (χ4n) is 4.34. The van der Waals surface area contributed by atoms with Gasteiger partial charge >= 0.3 is 6.18 Å². The molecule has 0 aliphatic carbocycles. The first-order valence-corrected chi connectivity index (χ1v) is 13.6. The van der Waals surface area contributed by atoms with E-state index in [0.717, 1.165) is 37.1 Å². The Kier molecular flexibility index (Phi) is 9.34. The molecule has 1 fully saturated rings. The number of rotatable bonds is 8. The molecular weight excluding hydrogens is 563 g/mol. The van der Waals surface area contributed by atoms with E-state index in [9.17, 15) is 18.0 Å². The van der Waals surface area contributed by atoms with E-state index >= 15 is 0 Å². The molecule has 9 nitrogen and oxygen atoms in total. The van der Waals surface area contributed by atoms with Gasteiger partial charge in [0.1, 0.15) is 29.3 Å². The van der Waals surface area contributed by atoms with Crippen molar-refractivity contribution in [3.63, 3.8) is 0 Å². The highest BCUT2D eigenvalue weighted by Crippen LogP contribution is 2.32. The van der Waals surface area contributed by atoms with Crippen LogP contribution in [0, 0.1) is 18.8 Å². The molecule has 1 amide bonds. The fourth-order valence-corrected chi connectivity index (χ4v) is 4.34. The van der Waals surface area contributed by atoms with Crippen molar-refractivity contribution < 1.29 is 32.2 Å². The summed E-state index contributed by atoms with van der Waals surface area (Å²) in [5.74, 6) is 6.09. The van der Waals surface area contributed by atoms with Crippen LogP contribution in [0.15, 0.2) is 61.1 Å². The number of aromatic nitrogens is 3. The third-order valence-corrected chi connectivity index (χ3v) is 6.46. The molecule has 2 N–H and O–H groups in total. The van der Waals surface area contributed by atoms with Crippen LogP contribution in [0.1, 0.15) is 36.9 Å². The van der Waals surface area contributed by atoms with E-state index < -0.39 is 17.8 Å². The second-order valence-electron chi connectivity index (χ2n) is 9.71. The molecule has 3 heterocycles. The number of aryl methyl sites for hydroxylation is 1. The standard InChI is InChI=1S/C31H28F3N5O4/c1-20-16-21(9-12-26(20)43-23-10-13-27(35-18-23)31(32,33)34)39-30-24-17-22(8-11-25(24)36-19-37-30)38-28(40)6-2-4-14-41-29-7-3-5-15-42-29/h8-13,16-19,29H,3-5,7,14-15H2,1H3,(H,38,40)(H,36,37,39). The smallest absolute Gasteiger partial charge is 0.433 e. The Bertz CT molecular complexity index is 1650. The minimum absolute atomic E-state index is 0.181. The van der Waals surface area contributed by atoms with Crippen LogP contribution in [-0.4, -0.2) is 40.4 Å². The number of hydrogen-bond donors (Lipinski definition) is 2. The number of nitrogens with one attached hydrogen (secondary N) is 2. The molecule has 43 heavy (non-hydrogen) atoms. The second kappa shape index (κ2) is 13.5. The van der Waals surface area contributed by atoms with Gasteiger partial charge in [-0.15, -0.1) is 0 Å². The number of alkyl halides is 3. The van der Waals surface area contributed by atoms with E-state index in [1.807, 2.05) is 6.07 Å². The predicted octanol–water partition coefficient (Wildman–Crippen LogP) is 6.76. The summed E-state index contributed by atoms with van der Waals surface area (Å²) < 4.78 is 55.2. The van der Waals surface area contributed by atoms with E-state index in [2.05, 4.69) is 37.4 Å². The van der Waals surface area contributed by atoms with Crippen molar-refractivity contribution in [2.75, 3.05) is 23.8 Å². The Labute approximate surface area is 245 Å². The number of carbonyl (C=O) groups excluding carboxylic acids is 1. The highest BCUT2D eigenvalue weighted by atomic mass is 19.4. The third-order valence-electron chi connectivity index (χ3n) is 6.46.